The highest BCUT2D eigenvalue weighted by Gasteiger charge is 2.25. The zero-order chi connectivity index (χ0) is 23.9. The van der Waals surface area contributed by atoms with E-state index >= 15 is 0 Å². The topological polar surface area (TPSA) is 83.0 Å². The highest BCUT2D eigenvalue weighted by atomic mass is 32.2. The number of carbonyl (C=O) groups is 3. The Morgan fingerprint density at radius 3 is 2.35 bits per heavy atom. The van der Waals surface area contributed by atoms with E-state index in [4.69, 9.17) is 4.74 Å². The first kappa shape index (κ1) is 24.1. The molecule has 0 radical (unpaired) electrons. The Bertz CT molecular complexity index is 1020. The van der Waals surface area contributed by atoms with Crippen molar-refractivity contribution in [3.05, 3.63) is 53.7 Å². The number of carbonyl (C=O) groups excluding carboxylic acids is 3. The summed E-state index contributed by atoms with van der Waals surface area (Å²) < 4.78 is 5.00. The van der Waals surface area contributed by atoms with Crippen LogP contribution < -0.4 is 4.90 Å². The number of anilines is 1. The number of likely N-dealkylation sites (tertiary alicyclic amines) is 1. The van der Waals surface area contributed by atoms with Crippen molar-refractivity contribution in [2.24, 2.45) is 0 Å². The van der Waals surface area contributed by atoms with Gasteiger partial charge in [0.1, 0.15) is 5.82 Å². The number of thioether (sulfide) groups is 1. The van der Waals surface area contributed by atoms with Gasteiger partial charge in [0, 0.05) is 50.4 Å². The lowest BCUT2D eigenvalue weighted by molar-refractivity contribution is -0.127. The minimum Gasteiger partial charge on any atom is -0.462 e. The lowest BCUT2D eigenvalue weighted by Crippen LogP contribution is -2.49. The van der Waals surface area contributed by atoms with Crippen LogP contribution in [0.1, 0.15) is 40.5 Å². The second kappa shape index (κ2) is 11.4. The Hall–Kier alpha value is -3.07. The minimum absolute atomic E-state index is 0.0120. The van der Waals surface area contributed by atoms with Crippen LogP contribution in [0.5, 0.6) is 0 Å². The summed E-state index contributed by atoms with van der Waals surface area (Å²) >= 11 is 1.44. The van der Waals surface area contributed by atoms with Crippen molar-refractivity contribution in [2.75, 3.05) is 56.5 Å². The van der Waals surface area contributed by atoms with E-state index in [-0.39, 0.29) is 17.8 Å². The first-order chi connectivity index (χ1) is 16.6. The van der Waals surface area contributed by atoms with Crippen LogP contribution in [0, 0.1) is 0 Å². The van der Waals surface area contributed by atoms with Crippen molar-refractivity contribution in [1.29, 1.82) is 0 Å². The molecule has 0 saturated carbocycles. The molecule has 8 nitrogen and oxygen atoms in total. The second-order valence-corrected chi connectivity index (χ2v) is 9.29. The van der Waals surface area contributed by atoms with Gasteiger partial charge in [-0.1, -0.05) is 12.1 Å². The van der Waals surface area contributed by atoms with Gasteiger partial charge in [-0.25, -0.2) is 9.78 Å². The summed E-state index contributed by atoms with van der Waals surface area (Å²) in [6.07, 6.45) is 3.67. The Kier molecular flexibility index (Phi) is 8.05. The van der Waals surface area contributed by atoms with Crippen LogP contribution in [0.15, 0.2) is 47.5 Å². The van der Waals surface area contributed by atoms with Gasteiger partial charge in [-0.15, -0.1) is 11.8 Å². The molecule has 1 aromatic carbocycles. The van der Waals surface area contributed by atoms with Crippen molar-refractivity contribution in [3.8, 4) is 0 Å². The quantitative estimate of drug-likeness (QED) is 0.443. The number of benzene rings is 1. The van der Waals surface area contributed by atoms with Gasteiger partial charge in [0.05, 0.1) is 23.5 Å². The summed E-state index contributed by atoms with van der Waals surface area (Å²) in [6, 6.07) is 11.1. The van der Waals surface area contributed by atoms with Crippen LogP contribution in [0.3, 0.4) is 0 Å². The van der Waals surface area contributed by atoms with E-state index in [1.165, 1.54) is 18.0 Å². The molecule has 2 fully saturated rings. The van der Waals surface area contributed by atoms with E-state index in [9.17, 15) is 14.4 Å². The van der Waals surface area contributed by atoms with Crippen molar-refractivity contribution in [3.63, 3.8) is 0 Å². The van der Waals surface area contributed by atoms with Gasteiger partial charge in [-0.3, -0.25) is 9.59 Å². The molecular weight excluding hydrogens is 452 g/mol. The number of piperazine rings is 1. The average Bonchev–Trinajstić information content (AvgIpc) is 3.43. The SMILES string of the molecule is CCOC(=O)c1ccc(N2CCN(C(=O)c3ccccc3SCC(=O)N3CCCC3)CC2)nc1. The molecule has 0 N–H and O–H groups in total. The molecule has 3 heterocycles. The van der Waals surface area contributed by atoms with Gasteiger partial charge in [0.2, 0.25) is 5.91 Å². The fourth-order valence-electron chi connectivity index (χ4n) is 4.18. The molecule has 2 aliphatic heterocycles. The monoisotopic (exact) mass is 482 g/mol. The van der Waals surface area contributed by atoms with Gasteiger partial charge >= 0.3 is 5.97 Å². The fraction of sp³-hybridized carbons (Fsp3) is 0.440. The summed E-state index contributed by atoms with van der Waals surface area (Å²) in [5.74, 6) is 0.875. The fourth-order valence-corrected chi connectivity index (χ4v) is 5.13. The van der Waals surface area contributed by atoms with Crippen molar-refractivity contribution in [1.82, 2.24) is 14.8 Å². The molecule has 2 amide bonds. The maximum absolute atomic E-state index is 13.3. The maximum atomic E-state index is 13.3. The molecule has 2 aliphatic rings. The Morgan fingerprint density at radius 1 is 0.941 bits per heavy atom. The summed E-state index contributed by atoms with van der Waals surface area (Å²) in [5.41, 5.74) is 1.07. The highest BCUT2D eigenvalue weighted by molar-refractivity contribution is 8.00. The molecule has 4 rings (SSSR count). The molecule has 0 bridgehead atoms. The van der Waals surface area contributed by atoms with Crippen molar-refractivity contribution >= 4 is 35.4 Å². The van der Waals surface area contributed by atoms with Crippen LogP contribution in [0.25, 0.3) is 0 Å². The second-order valence-electron chi connectivity index (χ2n) is 8.28. The smallest absolute Gasteiger partial charge is 0.339 e. The highest BCUT2D eigenvalue weighted by Crippen LogP contribution is 2.26. The molecule has 0 aliphatic carbocycles. The normalized spacial score (nSPS) is 16.0. The predicted molar refractivity (Wildman–Crippen MR) is 131 cm³/mol. The van der Waals surface area contributed by atoms with E-state index < -0.39 is 0 Å². The standard InChI is InChI=1S/C25H30N4O4S/c1-2-33-25(32)19-9-10-22(26-17-19)27-13-15-29(16-14-27)24(31)20-7-3-4-8-21(20)34-18-23(30)28-11-5-6-12-28/h3-4,7-10,17H,2,5-6,11-16,18H2,1H3. The maximum Gasteiger partial charge on any atom is 0.339 e. The molecule has 9 heteroatoms. The molecule has 2 aromatic rings. The lowest BCUT2D eigenvalue weighted by atomic mass is 10.1. The van der Waals surface area contributed by atoms with Gasteiger partial charge in [0.15, 0.2) is 0 Å². The van der Waals surface area contributed by atoms with Crippen LogP contribution in [0.2, 0.25) is 0 Å². The zero-order valence-corrected chi connectivity index (χ0v) is 20.3. The zero-order valence-electron chi connectivity index (χ0n) is 19.4. The van der Waals surface area contributed by atoms with E-state index in [0.29, 0.717) is 49.7 Å². The van der Waals surface area contributed by atoms with E-state index in [1.54, 1.807) is 13.0 Å². The van der Waals surface area contributed by atoms with E-state index in [0.717, 1.165) is 36.6 Å². The molecule has 0 spiro atoms. The first-order valence-electron chi connectivity index (χ1n) is 11.7. The van der Waals surface area contributed by atoms with Gasteiger partial charge in [-0.05, 0) is 44.0 Å². The summed E-state index contributed by atoms with van der Waals surface area (Å²) in [4.78, 5) is 48.6. The van der Waals surface area contributed by atoms with Gasteiger partial charge < -0.3 is 19.4 Å². The van der Waals surface area contributed by atoms with Crippen LogP contribution >= 0.6 is 11.8 Å². The van der Waals surface area contributed by atoms with E-state index in [1.807, 2.05) is 40.1 Å². The van der Waals surface area contributed by atoms with Gasteiger partial charge in [-0.2, -0.15) is 0 Å². The number of nitrogens with zero attached hydrogens (tertiary/aromatic N) is 4. The number of pyridine rings is 1. The lowest BCUT2D eigenvalue weighted by Gasteiger charge is -2.35. The molecule has 1 aromatic heterocycles. The number of hydrogen-bond donors (Lipinski definition) is 0. The van der Waals surface area contributed by atoms with Crippen LogP contribution in [0.4, 0.5) is 5.82 Å². The Balaban J connectivity index is 1.33. The van der Waals surface area contributed by atoms with Crippen molar-refractivity contribution in [2.45, 2.75) is 24.7 Å². The average molecular weight is 483 g/mol. The Labute approximate surface area is 204 Å². The summed E-state index contributed by atoms with van der Waals surface area (Å²) in [7, 11) is 0. The predicted octanol–water partition coefficient (Wildman–Crippen LogP) is 2.94. The summed E-state index contributed by atoms with van der Waals surface area (Å²) in [6.45, 7) is 6.23. The number of amides is 2. The summed E-state index contributed by atoms with van der Waals surface area (Å²) in [5, 5.41) is 0. The number of rotatable bonds is 7. The number of aromatic nitrogens is 1. The Morgan fingerprint density at radius 2 is 1.68 bits per heavy atom. The largest absolute Gasteiger partial charge is 0.462 e. The molecule has 34 heavy (non-hydrogen) atoms. The molecule has 180 valence electrons. The molecule has 0 atom stereocenters. The number of hydrogen-bond acceptors (Lipinski definition) is 7. The van der Waals surface area contributed by atoms with Crippen LogP contribution in [-0.2, 0) is 9.53 Å². The number of esters is 1. The number of ether oxygens (including phenoxy) is 1. The molecular formula is C25H30N4O4S. The van der Waals surface area contributed by atoms with Gasteiger partial charge in [0.25, 0.3) is 5.91 Å². The third-order valence-corrected chi connectivity index (χ3v) is 7.14. The molecule has 0 unspecified atom stereocenters. The van der Waals surface area contributed by atoms with Crippen LogP contribution in [-0.4, -0.2) is 84.2 Å². The third-order valence-electron chi connectivity index (χ3n) is 6.08. The third kappa shape index (κ3) is 5.70. The first-order valence-corrected chi connectivity index (χ1v) is 12.7. The van der Waals surface area contributed by atoms with E-state index in [2.05, 4.69) is 9.88 Å². The van der Waals surface area contributed by atoms with Crippen molar-refractivity contribution < 1.29 is 19.1 Å². The minimum atomic E-state index is -0.379. The molecule has 2 saturated heterocycles.